The van der Waals surface area contributed by atoms with Crippen LogP contribution in [-0.4, -0.2) is 49.6 Å². The van der Waals surface area contributed by atoms with Gasteiger partial charge in [-0.25, -0.2) is 4.99 Å². The van der Waals surface area contributed by atoms with E-state index in [1.807, 2.05) is 25.9 Å². The Balaban J connectivity index is 0.00000200. The van der Waals surface area contributed by atoms with Crippen LogP contribution >= 0.6 is 35.7 Å². The standard InChI is InChI=1S/C14H22N4S.HI/c1-17(2)13-5-3-4-12(10-13)11-16-14(15)18-6-8-19-9-7-18;/h3-5,10H,6-9,11H2,1-2H3,(H2,15,16);1H. The van der Waals surface area contributed by atoms with Gasteiger partial charge in [0.25, 0.3) is 0 Å². The van der Waals surface area contributed by atoms with Gasteiger partial charge in [0.1, 0.15) is 0 Å². The fourth-order valence-electron chi connectivity index (χ4n) is 2.00. The van der Waals surface area contributed by atoms with Crippen molar-refractivity contribution in [2.45, 2.75) is 6.54 Å². The molecule has 1 fully saturated rings. The predicted molar refractivity (Wildman–Crippen MR) is 100 cm³/mol. The molecule has 6 heteroatoms. The van der Waals surface area contributed by atoms with Gasteiger partial charge in [-0.1, -0.05) is 12.1 Å². The fourth-order valence-corrected chi connectivity index (χ4v) is 2.90. The first kappa shape index (κ1) is 17.4. The number of hydrogen-bond donors (Lipinski definition) is 1. The first-order valence-corrected chi connectivity index (χ1v) is 7.71. The number of guanidine groups is 1. The van der Waals surface area contributed by atoms with Crippen molar-refractivity contribution in [3.05, 3.63) is 29.8 Å². The minimum atomic E-state index is 0. The summed E-state index contributed by atoms with van der Waals surface area (Å²) in [6.07, 6.45) is 0. The molecule has 2 rings (SSSR count). The number of benzene rings is 1. The van der Waals surface area contributed by atoms with Crippen molar-refractivity contribution in [1.82, 2.24) is 4.90 Å². The van der Waals surface area contributed by atoms with Gasteiger partial charge >= 0.3 is 0 Å². The fraction of sp³-hybridized carbons (Fsp3) is 0.500. The number of nitrogens with zero attached hydrogens (tertiary/aromatic N) is 3. The van der Waals surface area contributed by atoms with Gasteiger partial charge < -0.3 is 15.5 Å². The Morgan fingerprint density at radius 3 is 2.70 bits per heavy atom. The zero-order valence-electron chi connectivity index (χ0n) is 12.1. The molecule has 1 aliphatic rings. The number of nitrogens with two attached hydrogens (primary N) is 1. The van der Waals surface area contributed by atoms with Crippen molar-refractivity contribution in [1.29, 1.82) is 0 Å². The van der Waals surface area contributed by atoms with Gasteiger partial charge in [0.15, 0.2) is 5.96 Å². The summed E-state index contributed by atoms with van der Waals surface area (Å²) in [6, 6.07) is 8.41. The van der Waals surface area contributed by atoms with E-state index in [9.17, 15) is 0 Å². The average Bonchev–Trinajstić information content (AvgIpc) is 2.46. The normalized spacial score (nSPS) is 15.7. The molecule has 0 aromatic heterocycles. The highest BCUT2D eigenvalue weighted by Gasteiger charge is 2.11. The minimum Gasteiger partial charge on any atom is -0.378 e. The van der Waals surface area contributed by atoms with Gasteiger partial charge in [0.2, 0.25) is 0 Å². The highest BCUT2D eigenvalue weighted by molar-refractivity contribution is 14.0. The molecule has 1 aromatic carbocycles. The Hall–Kier alpha value is -0.630. The zero-order valence-corrected chi connectivity index (χ0v) is 15.2. The van der Waals surface area contributed by atoms with E-state index in [4.69, 9.17) is 5.73 Å². The van der Waals surface area contributed by atoms with Crippen LogP contribution in [0, 0.1) is 0 Å². The Morgan fingerprint density at radius 1 is 1.35 bits per heavy atom. The number of anilines is 1. The third kappa shape index (κ3) is 5.05. The van der Waals surface area contributed by atoms with Crippen molar-refractivity contribution in [2.24, 2.45) is 10.7 Å². The minimum absolute atomic E-state index is 0. The maximum atomic E-state index is 6.05. The van der Waals surface area contributed by atoms with E-state index >= 15 is 0 Å². The third-order valence-electron chi connectivity index (χ3n) is 3.19. The molecule has 1 aromatic rings. The number of hydrogen-bond acceptors (Lipinski definition) is 3. The van der Waals surface area contributed by atoms with Gasteiger partial charge in [0, 0.05) is 44.4 Å². The van der Waals surface area contributed by atoms with E-state index in [2.05, 4.69) is 39.1 Å². The maximum absolute atomic E-state index is 6.05. The summed E-state index contributed by atoms with van der Waals surface area (Å²) in [6.45, 7) is 2.67. The number of halogens is 1. The van der Waals surface area contributed by atoms with E-state index in [-0.39, 0.29) is 24.0 Å². The molecule has 0 aliphatic carbocycles. The van der Waals surface area contributed by atoms with Crippen molar-refractivity contribution < 1.29 is 0 Å². The molecule has 0 amide bonds. The average molecular weight is 406 g/mol. The molecular weight excluding hydrogens is 383 g/mol. The van der Waals surface area contributed by atoms with Gasteiger partial charge in [-0.3, -0.25) is 0 Å². The summed E-state index contributed by atoms with van der Waals surface area (Å²) < 4.78 is 0. The Labute approximate surface area is 142 Å². The second-order valence-electron chi connectivity index (χ2n) is 4.84. The largest absolute Gasteiger partial charge is 0.378 e. The Kier molecular flexibility index (Phi) is 7.50. The number of rotatable bonds is 3. The molecule has 0 unspecified atom stereocenters. The first-order valence-electron chi connectivity index (χ1n) is 6.55. The van der Waals surface area contributed by atoms with Crippen LogP contribution in [0.5, 0.6) is 0 Å². The van der Waals surface area contributed by atoms with E-state index in [1.54, 1.807) is 0 Å². The van der Waals surface area contributed by atoms with Crippen LogP contribution in [0.3, 0.4) is 0 Å². The SMILES string of the molecule is CN(C)c1cccc(CN=C(N)N2CCSCC2)c1.I. The molecule has 4 nitrogen and oxygen atoms in total. The summed E-state index contributed by atoms with van der Waals surface area (Å²) in [5, 5.41) is 0. The van der Waals surface area contributed by atoms with Gasteiger partial charge in [-0.05, 0) is 17.7 Å². The van der Waals surface area contributed by atoms with Crippen molar-refractivity contribution in [3.8, 4) is 0 Å². The second kappa shape index (κ2) is 8.61. The van der Waals surface area contributed by atoms with Crippen molar-refractivity contribution in [2.75, 3.05) is 43.6 Å². The molecule has 1 aliphatic heterocycles. The lowest BCUT2D eigenvalue weighted by Crippen LogP contribution is -2.42. The highest BCUT2D eigenvalue weighted by Crippen LogP contribution is 2.14. The molecule has 0 spiro atoms. The third-order valence-corrected chi connectivity index (χ3v) is 4.13. The summed E-state index contributed by atoms with van der Waals surface area (Å²) in [5.74, 6) is 2.97. The van der Waals surface area contributed by atoms with Crippen LogP contribution in [0.2, 0.25) is 0 Å². The summed E-state index contributed by atoms with van der Waals surface area (Å²) in [5.41, 5.74) is 8.44. The molecule has 0 radical (unpaired) electrons. The Bertz CT molecular complexity index is 445. The number of thioether (sulfide) groups is 1. The zero-order chi connectivity index (χ0) is 13.7. The van der Waals surface area contributed by atoms with Crippen LogP contribution in [-0.2, 0) is 6.54 Å². The molecule has 1 heterocycles. The van der Waals surface area contributed by atoms with Crippen LogP contribution < -0.4 is 10.6 Å². The molecule has 2 N–H and O–H groups in total. The summed E-state index contributed by atoms with van der Waals surface area (Å²) in [4.78, 5) is 8.78. The van der Waals surface area contributed by atoms with Crippen LogP contribution in [0.25, 0.3) is 0 Å². The maximum Gasteiger partial charge on any atom is 0.191 e. The van der Waals surface area contributed by atoms with E-state index < -0.39 is 0 Å². The highest BCUT2D eigenvalue weighted by atomic mass is 127. The lowest BCUT2D eigenvalue weighted by atomic mass is 10.2. The molecule has 20 heavy (non-hydrogen) atoms. The lowest BCUT2D eigenvalue weighted by molar-refractivity contribution is 0.455. The second-order valence-corrected chi connectivity index (χ2v) is 6.06. The monoisotopic (exact) mass is 406 g/mol. The number of aliphatic imine (C=N–C) groups is 1. The molecule has 112 valence electrons. The van der Waals surface area contributed by atoms with Crippen LogP contribution in [0.15, 0.2) is 29.3 Å². The molecular formula is C14H23IN4S. The van der Waals surface area contributed by atoms with Crippen molar-refractivity contribution in [3.63, 3.8) is 0 Å². The van der Waals surface area contributed by atoms with E-state index in [0.717, 1.165) is 24.6 Å². The topological polar surface area (TPSA) is 44.9 Å². The van der Waals surface area contributed by atoms with E-state index in [0.29, 0.717) is 12.5 Å². The first-order chi connectivity index (χ1) is 9.16. The molecule has 0 bridgehead atoms. The molecule has 1 saturated heterocycles. The predicted octanol–water partition coefficient (Wildman–Crippen LogP) is 2.23. The smallest absolute Gasteiger partial charge is 0.191 e. The quantitative estimate of drug-likeness (QED) is 0.475. The molecule has 0 atom stereocenters. The lowest BCUT2D eigenvalue weighted by Gasteiger charge is -2.27. The van der Waals surface area contributed by atoms with Crippen LogP contribution in [0.1, 0.15) is 5.56 Å². The van der Waals surface area contributed by atoms with Gasteiger partial charge in [-0.15, -0.1) is 24.0 Å². The molecule has 0 saturated carbocycles. The summed E-state index contributed by atoms with van der Waals surface area (Å²) in [7, 11) is 4.09. The summed E-state index contributed by atoms with van der Waals surface area (Å²) >= 11 is 1.98. The van der Waals surface area contributed by atoms with Crippen molar-refractivity contribution >= 4 is 47.4 Å². The Morgan fingerprint density at radius 2 is 2.05 bits per heavy atom. The van der Waals surface area contributed by atoms with Crippen LogP contribution in [0.4, 0.5) is 5.69 Å². The van der Waals surface area contributed by atoms with E-state index in [1.165, 1.54) is 11.3 Å². The van der Waals surface area contributed by atoms with Gasteiger partial charge in [0.05, 0.1) is 6.54 Å². The van der Waals surface area contributed by atoms with Gasteiger partial charge in [-0.2, -0.15) is 11.8 Å².